The van der Waals surface area contributed by atoms with E-state index in [1.807, 2.05) is 62.4 Å². The second kappa shape index (κ2) is 9.07. The summed E-state index contributed by atoms with van der Waals surface area (Å²) in [5, 5.41) is 3.98. The molecule has 7 heteroatoms. The molecule has 1 fully saturated rings. The van der Waals surface area contributed by atoms with Crippen LogP contribution < -0.4 is 5.32 Å². The number of rotatable bonds is 3. The molecule has 0 spiro atoms. The highest BCUT2D eigenvalue weighted by Crippen LogP contribution is 2.29. The van der Waals surface area contributed by atoms with Crippen LogP contribution in [-0.4, -0.2) is 19.5 Å². The van der Waals surface area contributed by atoms with E-state index >= 15 is 0 Å². The van der Waals surface area contributed by atoms with E-state index < -0.39 is 10.0 Å². The maximum absolute atomic E-state index is 12.8. The predicted octanol–water partition coefficient (Wildman–Crippen LogP) is 5.06. The zero-order valence-corrected chi connectivity index (χ0v) is 17.6. The minimum atomic E-state index is -3.96. The van der Waals surface area contributed by atoms with Gasteiger partial charge in [0.2, 0.25) is 0 Å². The smallest absolute Gasteiger partial charge is 0.285 e. The predicted molar refractivity (Wildman–Crippen MR) is 122 cm³/mol. The zero-order chi connectivity index (χ0) is 20.9. The number of amidine groups is 1. The van der Waals surface area contributed by atoms with Crippen molar-refractivity contribution >= 4 is 49.7 Å². The summed E-state index contributed by atoms with van der Waals surface area (Å²) < 4.78 is 29.5. The lowest BCUT2D eigenvalue weighted by molar-refractivity contribution is -0.115. The molecule has 0 unspecified atom stereocenters. The zero-order valence-electron chi connectivity index (χ0n) is 16.0. The summed E-state index contributed by atoms with van der Waals surface area (Å²) in [5.74, 6) is -0.365. The molecule has 1 amide bonds. The fourth-order valence-electron chi connectivity index (χ4n) is 2.75. The lowest BCUT2D eigenvalue weighted by Gasteiger charge is -2.04. The molecule has 4 rings (SSSR count). The van der Waals surface area contributed by atoms with Gasteiger partial charge in [-0.25, -0.2) is 0 Å². The summed E-state index contributed by atoms with van der Waals surface area (Å²) in [6.07, 6.45) is 1.70. The Hall–Kier alpha value is -2.90. The molecule has 1 aliphatic heterocycles. The molecule has 1 saturated heterocycles. The number of amides is 1. The van der Waals surface area contributed by atoms with Crippen molar-refractivity contribution in [1.29, 1.82) is 0 Å². The first-order valence-corrected chi connectivity index (χ1v) is 11.4. The Morgan fingerprint density at radius 2 is 1.59 bits per heavy atom. The van der Waals surface area contributed by atoms with Crippen LogP contribution >= 0.6 is 11.8 Å². The van der Waals surface area contributed by atoms with Gasteiger partial charge >= 0.3 is 0 Å². The molecular formula is C22H22N2O3S2. The van der Waals surface area contributed by atoms with E-state index in [0.717, 1.165) is 22.7 Å². The van der Waals surface area contributed by atoms with Crippen LogP contribution in [0.25, 0.3) is 16.8 Å². The van der Waals surface area contributed by atoms with Crippen LogP contribution in [0.15, 0.2) is 87.0 Å². The second-order valence-electron chi connectivity index (χ2n) is 5.82. The average Bonchev–Trinajstić information content (AvgIpc) is 3.07. The highest BCUT2D eigenvalue weighted by atomic mass is 32.2. The third-order valence-electron chi connectivity index (χ3n) is 3.98. The van der Waals surface area contributed by atoms with Crippen molar-refractivity contribution in [1.82, 2.24) is 5.32 Å². The Balaban J connectivity index is 0.00000104. The van der Waals surface area contributed by atoms with E-state index in [2.05, 4.69) is 9.71 Å². The molecule has 29 heavy (non-hydrogen) atoms. The first-order chi connectivity index (χ1) is 14.0. The van der Waals surface area contributed by atoms with Crippen molar-refractivity contribution in [3.05, 3.63) is 83.3 Å². The molecule has 5 nitrogen and oxygen atoms in total. The van der Waals surface area contributed by atoms with Gasteiger partial charge in [0, 0.05) is 6.81 Å². The van der Waals surface area contributed by atoms with E-state index in [1.165, 1.54) is 6.07 Å². The number of hydrogen-bond donors (Lipinski definition) is 1. The van der Waals surface area contributed by atoms with Gasteiger partial charge in [-0.3, -0.25) is 10.1 Å². The van der Waals surface area contributed by atoms with Gasteiger partial charge in [-0.15, -0.1) is 4.40 Å². The first-order valence-electron chi connectivity index (χ1n) is 9.12. The largest absolute Gasteiger partial charge is 0.300 e. The van der Waals surface area contributed by atoms with Gasteiger partial charge in [-0.2, -0.15) is 8.42 Å². The number of nitrogens with zero attached hydrogens (tertiary/aromatic N) is 1. The normalized spacial score (nSPS) is 16.6. The van der Waals surface area contributed by atoms with Gasteiger partial charge in [-0.05, 0) is 34.9 Å². The molecule has 0 saturated carbocycles. The van der Waals surface area contributed by atoms with E-state index in [1.54, 1.807) is 24.3 Å². The fourth-order valence-corrected chi connectivity index (χ4v) is 4.96. The highest BCUT2D eigenvalue weighted by molar-refractivity contribution is 8.19. The van der Waals surface area contributed by atoms with Crippen LogP contribution in [0, 0.1) is 0 Å². The summed E-state index contributed by atoms with van der Waals surface area (Å²) in [5.41, 5.74) is 0.855. The summed E-state index contributed by atoms with van der Waals surface area (Å²) in [7, 11) is -3.96. The summed E-state index contributed by atoms with van der Waals surface area (Å²) in [6, 6.07) is 21.6. The molecule has 0 aromatic heterocycles. The van der Waals surface area contributed by atoms with Crippen LogP contribution in [-0.2, 0) is 14.8 Å². The molecule has 0 atom stereocenters. The lowest BCUT2D eigenvalue weighted by Crippen LogP contribution is -2.20. The number of carbonyl (C=O) groups excluding carboxylic acids is 1. The van der Waals surface area contributed by atoms with Crippen molar-refractivity contribution in [3.8, 4) is 0 Å². The number of carbonyl (C=O) groups is 1. The van der Waals surface area contributed by atoms with Crippen molar-refractivity contribution in [3.63, 3.8) is 0 Å². The van der Waals surface area contributed by atoms with Crippen molar-refractivity contribution in [2.75, 3.05) is 0 Å². The molecular weight excluding hydrogens is 404 g/mol. The standard InChI is InChI=1S/C20H14N2O3S2.C2H6.H2/c23-19-17(13-14-7-2-1-3-8-14)26-20(21-19)22-27(24,25)18-12-6-10-15-9-4-5-11-16(15)18;1-2;/h1-13H,(H,21,22,23);1-2H3;1H/b17-13-;;. The quantitative estimate of drug-likeness (QED) is 0.594. The molecule has 3 aromatic carbocycles. The molecule has 0 bridgehead atoms. The van der Waals surface area contributed by atoms with Crippen LogP contribution in [0.5, 0.6) is 0 Å². The van der Waals surface area contributed by atoms with Gasteiger partial charge in [-0.1, -0.05) is 80.6 Å². The number of sulfonamides is 1. The maximum Gasteiger partial charge on any atom is 0.285 e. The Morgan fingerprint density at radius 3 is 2.34 bits per heavy atom. The second-order valence-corrected chi connectivity index (χ2v) is 8.43. The lowest BCUT2D eigenvalue weighted by atomic mass is 10.1. The number of thioether (sulfide) groups is 1. The number of benzene rings is 3. The third-order valence-corrected chi connectivity index (χ3v) is 6.34. The minimum Gasteiger partial charge on any atom is -0.300 e. The first kappa shape index (κ1) is 20.8. The van der Waals surface area contributed by atoms with Crippen molar-refractivity contribution in [2.24, 2.45) is 4.40 Å². The van der Waals surface area contributed by atoms with E-state index in [0.29, 0.717) is 10.3 Å². The number of fused-ring (bicyclic) bond motifs is 1. The summed E-state index contributed by atoms with van der Waals surface area (Å²) >= 11 is 1.01. The fraction of sp³-hybridized carbons (Fsp3) is 0.0909. The van der Waals surface area contributed by atoms with Gasteiger partial charge in [0.05, 0.1) is 9.80 Å². The Labute approximate surface area is 176 Å². The Morgan fingerprint density at radius 1 is 0.931 bits per heavy atom. The van der Waals surface area contributed by atoms with Crippen LogP contribution in [0.1, 0.15) is 20.8 Å². The molecule has 0 radical (unpaired) electrons. The number of hydrogen-bond acceptors (Lipinski definition) is 4. The third kappa shape index (κ3) is 4.75. The topological polar surface area (TPSA) is 75.6 Å². The van der Waals surface area contributed by atoms with E-state index in [-0.39, 0.29) is 17.4 Å². The molecule has 3 aromatic rings. The van der Waals surface area contributed by atoms with E-state index in [4.69, 9.17) is 0 Å². The Bertz CT molecular complexity index is 1200. The van der Waals surface area contributed by atoms with Crippen LogP contribution in [0.3, 0.4) is 0 Å². The van der Waals surface area contributed by atoms with Crippen molar-refractivity contribution in [2.45, 2.75) is 18.7 Å². The van der Waals surface area contributed by atoms with Gasteiger partial charge in [0.25, 0.3) is 15.9 Å². The SMILES string of the molecule is CC.O=C1N/C(=N\S(=O)(=O)c2cccc3ccccc23)S/C1=C\c1ccccc1.[HH]. The monoisotopic (exact) mass is 426 g/mol. The van der Waals surface area contributed by atoms with E-state index in [9.17, 15) is 13.2 Å². The molecule has 1 heterocycles. The van der Waals surface area contributed by atoms with Crippen LogP contribution in [0.4, 0.5) is 0 Å². The van der Waals surface area contributed by atoms with Gasteiger partial charge < -0.3 is 0 Å². The van der Waals surface area contributed by atoms with Gasteiger partial charge in [0.15, 0.2) is 5.17 Å². The summed E-state index contributed by atoms with van der Waals surface area (Å²) in [6.45, 7) is 4.00. The highest BCUT2D eigenvalue weighted by Gasteiger charge is 2.27. The van der Waals surface area contributed by atoms with Crippen molar-refractivity contribution < 1.29 is 14.6 Å². The number of nitrogens with one attached hydrogen (secondary N) is 1. The maximum atomic E-state index is 12.8. The minimum absolute atomic E-state index is 0. The molecule has 1 N–H and O–H groups in total. The Kier molecular flexibility index (Phi) is 6.51. The molecule has 0 aliphatic carbocycles. The van der Waals surface area contributed by atoms with Crippen LogP contribution in [0.2, 0.25) is 0 Å². The summed E-state index contributed by atoms with van der Waals surface area (Å²) in [4.78, 5) is 12.7. The molecule has 150 valence electrons. The average molecular weight is 427 g/mol. The van der Waals surface area contributed by atoms with Gasteiger partial charge in [0.1, 0.15) is 0 Å². The molecule has 1 aliphatic rings.